The van der Waals surface area contributed by atoms with Gasteiger partial charge in [-0.3, -0.25) is 9.78 Å². The summed E-state index contributed by atoms with van der Waals surface area (Å²) in [4.78, 5) is 18.6. The summed E-state index contributed by atoms with van der Waals surface area (Å²) in [5.74, 6) is 0.0538. The van der Waals surface area contributed by atoms with Crippen molar-refractivity contribution in [2.24, 2.45) is 0 Å². The summed E-state index contributed by atoms with van der Waals surface area (Å²) in [5.41, 5.74) is 3.13. The van der Waals surface area contributed by atoms with Crippen molar-refractivity contribution in [1.82, 2.24) is 9.88 Å². The summed E-state index contributed by atoms with van der Waals surface area (Å²) in [5, 5.41) is 3.06. The Morgan fingerprint density at radius 2 is 2.05 bits per heavy atom. The zero-order valence-corrected chi connectivity index (χ0v) is 11.4. The fourth-order valence-electron chi connectivity index (χ4n) is 2.32. The first kappa shape index (κ1) is 12.7. The number of carbonyl (C=O) groups excluding carboxylic acids is 1. The molecule has 1 radical (unpaired) electrons. The second kappa shape index (κ2) is 5.33. The van der Waals surface area contributed by atoms with Crippen LogP contribution in [0.15, 0.2) is 36.5 Å². The Hall–Kier alpha value is -2.36. The molecule has 4 nitrogen and oxygen atoms in total. The number of likely N-dealkylation sites (tertiary alicyclic amines) is 1. The van der Waals surface area contributed by atoms with Crippen LogP contribution in [-0.4, -0.2) is 35.9 Å². The third-order valence-electron chi connectivity index (χ3n) is 3.58. The van der Waals surface area contributed by atoms with Gasteiger partial charge in [-0.2, -0.15) is 0 Å². The van der Waals surface area contributed by atoms with Crippen molar-refractivity contribution in [3.63, 3.8) is 0 Å². The topological polar surface area (TPSA) is 45.2 Å². The summed E-state index contributed by atoms with van der Waals surface area (Å²) in [7, 11) is 1.80. The molecule has 0 atom stereocenters. The van der Waals surface area contributed by atoms with Gasteiger partial charge in [0.25, 0.3) is 5.91 Å². The van der Waals surface area contributed by atoms with Gasteiger partial charge in [-0.1, -0.05) is 30.3 Å². The van der Waals surface area contributed by atoms with E-state index in [4.69, 9.17) is 0 Å². The highest BCUT2D eigenvalue weighted by Crippen LogP contribution is 2.29. The van der Waals surface area contributed by atoms with Crippen LogP contribution < -0.4 is 5.32 Å². The van der Waals surface area contributed by atoms with Gasteiger partial charge in [0.2, 0.25) is 0 Å². The molecule has 101 valence electrons. The fraction of sp³-hybridized carbons (Fsp3) is 0.250. The molecule has 1 aliphatic heterocycles. The maximum atomic E-state index is 12.6. The van der Waals surface area contributed by atoms with Crippen LogP contribution in [0.4, 0.5) is 5.69 Å². The minimum absolute atomic E-state index is 0.0538. The van der Waals surface area contributed by atoms with Gasteiger partial charge in [-0.25, -0.2) is 0 Å². The predicted octanol–water partition coefficient (Wildman–Crippen LogP) is 2.44. The fourth-order valence-corrected chi connectivity index (χ4v) is 2.32. The normalized spacial score (nSPS) is 13.8. The first-order valence-corrected chi connectivity index (χ1v) is 6.74. The van der Waals surface area contributed by atoms with Crippen molar-refractivity contribution >= 4 is 11.6 Å². The average molecular weight is 266 g/mol. The van der Waals surface area contributed by atoms with E-state index in [0.717, 1.165) is 36.3 Å². The number of hydrogen-bond acceptors (Lipinski definition) is 3. The van der Waals surface area contributed by atoms with Crippen LogP contribution in [-0.2, 0) is 0 Å². The van der Waals surface area contributed by atoms with E-state index < -0.39 is 0 Å². The monoisotopic (exact) mass is 266 g/mol. The summed E-state index contributed by atoms with van der Waals surface area (Å²) >= 11 is 0. The number of hydrogen-bond donors (Lipinski definition) is 1. The lowest BCUT2D eigenvalue weighted by molar-refractivity contribution is 0.0653. The predicted molar refractivity (Wildman–Crippen MR) is 78.6 cm³/mol. The molecule has 0 aliphatic carbocycles. The molecule has 1 fully saturated rings. The zero-order valence-electron chi connectivity index (χ0n) is 11.4. The smallest absolute Gasteiger partial charge is 0.256 e. The largest absolute Gasteiger partial charge is 0.386 e. The lowest BCUT2D eigenvalue weighted by Gasteiger charge is -2.32. The molecule has 1 amide bonds. The second-order valence-electron chi connectivity index (χ2n) is 4.80. The Bertz CT molecular complexity index is 621. The van der Waals surface area contributed by atoms with Gasteiger partial charge in [0.15, 0.2) is 0 Å². The Morgan fingerprint density at radius 1 is 1.30 bits per heavy atom. The van der Waals surface area contributed by atoms with E-state index in [1.54, 1.807) is 13.2 Å². The van der Waals surface area contributed by atoms with Gasteiger partial charge in [0.05, 0.1) is 23.6 Å². The van der Waals surface area contributed by atoms with E-state index in [-0.39, 0.29) is 5.91 Å². The maximum Gasteiger partial charge on any atom is 0.256 e. The molecule has 1 aromatic heterocycles. The molecule has 0 spiro atoms. The maximum absolute atomic E-state index is 12.6. The van der Waals surface area contributed by atoms with Crippen LogP contribution in [0.1, 0.15) is 16.8 Å². The molecule has 0 saturated carbocycles. The number of rotatable bonds is 3. The number of pyridine rings is 1. The minimum atomic E-state index is 0.0538. The number of carbonyl (C=O) groups is 1. The van der Waals surface area contributed by atoms with Crippen LogP contribution in [0.2, 0.25) is 0 Å². The first-order chi connectivity index (χ1) is 9.81. The van der Waals surface area contributed by atoms with E-state index >= 15 is 0 Å². The standard InChI is InChI=1S/C16H16N3O/c1-17-14-11-18-10-13(12-6-3-2-4-7-12)15(14)16(20)19-8-5-9-19/h2-4,6-7,11,17H,5,8-9H2,1H3. The average Bonchev–Trinajstić information content (AvgIpc) is 2.45. The molecule has 1 N–H and O–H groups in total. The Labute approximate surface area is 118 Å². The van der Waals surface area contributed by atoms with E-state index in [1.807, 2.05) is 35.2 Å². The lowest BCUT2D eigenvalue weighted by atomic mass is 9.98. The number of aromatic nitrogens is 1. The summed E-state index contributed by atoms with van der Waals surface area (Å²) < 4.78 is 0. The summed E-state index contributed by atoms with van der Waals surface area (Å²) in [6.45, 7) is 1.66. The van der Waals surface area contributed by atoms with Crippen molar-refractivity contribution in [1.29, 1.82) is 0 Å². The third-order valence-corrected chi connectivity index (χ3v) is 3.58. The number of anilines is 1. The SMILES string of the molecule is CNc1cn[c]c(-c2ccccc2)c1C(=O)N1CCC1. The van der Waals surface area contributed by atoms with Crippen molar-refractivity contribution in [3.05, 3.63) is 48.3 Å². The molecule has 1 saturated heterocycles. The number of nitrogens with one attached hydrogen (secondary N) is 1. The van der Waals surface area contributed by atoms with Crippen LogP contribution >= 0.6 is 0 Å². The van der Waals surface area contributed by atoms with Crippen LogP contribution in [0.5, 0.6) is 0 Å². The zero-order chi connectivity index (χ0) is 13.9. The molecular weight excluding hydrogens is 250 g/mol. The van der Waals surface area contributed by atoms with Crippen LogP contribution in [0.3, 0.4) is 0 Å². The number of nitrogens with zero attached hydrogens (tertiary/aromatic N) is 2. The molecule has 4 heteroatoms. The molecule has 2 aromatic rings. The van der Waals surface area contributed by atoms with E-state index in [1.165, 1.54) is 0 Å². The van der Waals surface area contributed by atoms with Crippen molar-refractivity contribution in [2.75, 3.05) is 25.5 Å². The Balaban J connectivity index is 2.12. The van der Waals surface area contributed by atoms with Gasteiger partial charge >= 0.3 is 0 Å². The molecular formula is C16H16N3O. The second-order valence-corrected chi connectivity index (χ2v) is 4.80. The van der Waals surface area contributed by atoms with Gasteiger partial charge in [0.1, 0.15) is 0 Å². The summed E-state index contributed by atoms with van der Waals surface area (Å²) in [6, 6.07) is 9.80. The van der Waals surface area contributed by atoms with Gasteiger partial charge in [-0.05, 0) is 12.0 Å². The van der Waals surface area contributed by atoms with Crippen molar-refractivity contribution < 1.29 is 4.79 Å². The highest BCUT2D eigenvalue weighted by Gasteiger charge is 2.26. The lowest BCUT2D eigenvalue weighted by Crippen LogP contribution is -2.42. The van der Waals surface area contributed by atoms with Crippen molar-refractivity contribution in [2.45, 2.75) is 6.42 Å². The molecule has 2 heterocycles. The molecule has 0 unspecified atom stereocenters. The Morgan fingerprint density at radius 3 is 2.65 bits per heavy atom. The highest BCUT2D eigenvalue weighted by molar-refractivity contribution is 6.05. The highest BCUT2D eigenvalue weighted by atomic mass is 16.2. The molecule has 1 aliphatic rings. The molecule has 1 aromatic carbocycles. The molecule has 0 bridgehead atoms. The minimum Gasteiger partial charge on any atom is -0.386 e. The first-order valence-electron chi connectivity index (χ1n) is 6.74. The number of benzene rings is 1. The Kier molecular flexibility index (Phi) is 3.37. The van der Waals surface area contributed by atoms with Crippen LogP contribution in [0.25, 0.3) is 11.1 Å². The number of amides is 1. The quantitative estimate of drug-likeness (QED) is 0.928. The van der Waals surface area contributed by atoms with E-state index in [9.17, 15) is 4.79 Å². The van der Waals surface area contributed by atoms with E-state index in [0.29, 0.717) is 5.56 Å². The van der Waals surface area contributed by atoms with E-state index in [2.05, 4.69) is 16.5 Å². The molecule has 3 rings (SSSR count). The summed E-state index contributed by atoms with van der Waals surface area (Å²) in [6.07, 6.45) is 5.71. The third kappa shape index (κ3) is 2.13. The van der Waals surface area contributed by atoms with Gasteiger partial charge in [0, 0.05) is 25.7 Å². The van der Waals surface area contributed by atoms with Gasteiger partial charge < -0.3 is 10.2 Å². The van der Waals surface area contributed by atoms with Crippen LogP contribution in [0, 0.1) is 6.20 Å². The van der Waals surface area contributed by atoms with Gasteiger partial charge in [-0.15, -0.1) is 0 Å². The van der Waals surface area contributed by atoms with Crippen molar-refractivity contribution in [3.8, 4) is 11.1 Å². The molecule has 20 heavy (non-hydrogen) atoms.